The number of hydrogen-bond acceptors (Lipinski definition) is 7. The molecular weight excluding hydrogens is 280 g/mol. The Kier molecular flexibility index (Phi) is 11.3. The van der Waals surface area contributed by atoms with Crippen LogP contribution in [0, 0.1) is 0 Å². The second kappa shape index (κ2) is 8.59. The van der Waals surface area contributed by atoms with Crippen LogP contribution in [-0.4, -0.2) is 50.9 Å². The Bertz CT molecular complexity index is 287. The van der Waals surface area contributed by atoms with Gasteiger partial charge in [-0.3, -0.25) is 13.2 Å². The van der Waals surface area contributed by atoms with Gasteiger partial charge in [0, 0.05) is 10.4 Å². The SMILES string of the molecule is O=C(O)CC(O)C(=O)O.O=S(=O)([O-])[O-].[Fe+2]. The van der Waals surface area contributed by atoms with Crippen LogP contribution in [0.4, 0.5) is 0 Å². The van der Waals surface area contributed by atoms with Gasteiger partial charge in [0.1, 0.15) is 0 Å². The van der Waals surface area contributed by atoms with Gasteiger partial charge in [-0.05, 0) is 0 Å². The van der Waals surface area contributed by atoms with Gasteiger partial charge in [0.2, 0.25) is 0 Å². The van der Waals surface area contributed by atoms with Gasteiger partial charge in [0.25, 0.3) is 0 Å². The maximum atomic E-state index is 9.72. The maximum Gasteiger partial charge on any atom is 2.00 e. The van der Waals surface area contributed by atoms with E-state index in [2.05, 4.69) is 0 Å². The molecule has 0 spiro atoms. The summed E-state index contributed by atoms with van der Waals surface area (Å²) in [6.07, 6.45) is -2.54. The molecule has 0 aromatic heterocycles. The molecule has 0 bridgehead atoms. The third-order valence-corrected chi connectivity index (χ3v) is 0.653. The van der Waals surface area contributed by atoms with Crippen molar-refractivity contribution in [1.82, 2.24) is 0 Å². The molecule has 0 aliphatic heterocycles. The standard InChI is InChI=1S/C4H6O5.Fe.H2O4S/c5-2(4(8)9)1-3(6)7;;1-5(2,3)4/h2,5H,1H2,(H,6,7)(H,8,9);;(H2,1,2,3,4)/q;+2;/p-2. The summed E-state index contributed by atoms with van der Waals surface area (Å²) in [5, 5.41) is 24.1. The predicted octanol–water partition coefficient (Wildman–Crippen LogP) is -2.43. The van der Waals surface area contributed by atoms with E-state index in [1.54, 1.807) is 0 Å². The fourth-order valence-corrected chi connectivity index (χ4v) is 0.253. The zero-order valence-electron chi connectivity index (χ0n) is 6.84. The Hall–Kier alpha value is -0.711. The van der Waals surface area contributed by atoms with Crippen molar-refractivity contribution in [2.24, 2.45) is 0 Å². The van der Waals surface area contributed by atoms with Gasteiger partial charge in [-0.25, -0.2) is 4.79 Å². The molecule has 15 heavy (non-hydrogen) atoms. The van der Waals surface area contributed by atoms with Gasteiger partial charge in [0.05, 0.1) is 6.42 Å². The van der Waals surface area contributed by atoms with Crippen molar-refractivity contribution in [2.75, 3.05) is 0 Å². The Morgan fingerprint density at radius 2 is 1.47 bits per heavy atom. The second-order valence-electron chi connectivity index (χ2n) is 1.86. The first-order valence-electron chi connectivity index (χ1n) is 2.83. The van der Waals surface area contributed by atoms with Gasteiger partial charge in [0.15, 0.2) is 6.10 Å². The van der Waals surface area contributed by atoms with Crippen molar-refractivity contribution in [3.05, 3.63) is 0 Å². The van der Waals surface area contributed by atoms with Crippen LogP contribution in [0.25, 0.3) is 0 Å². The number of rotatable bonds is 3. The van der Waals surface area contributed by atoms with Crippen LogP contribution in [0.15, 0.2) is 0 Å². The van der Waals surface area contributed by atoms with Gasteiger partial charge in [-0.2, -0.15) is 0 Å². The van der Waals surface area contributed by atoms with Gasteiger partial charge < -0.3 is 24.4 Å². The van der Waals surface area contributed by atoms with Crippen LogP contribution in [0.5, 0.6) is 0 Å². The topological polar surface area (TPSA) is 175 Å². The molecule has 9 nitrogen and oxygen atoms in total. The molecule has 0 aliphatic rings. The molecule has 0 saturated carbocycles. The number of carboxylic acids is 2. The zero-order valence-corrected chi connectivity index (χ0v) is 8.76. The van der Waals surface area contributed by atoms with E-state index in [0.717, 1.165) is 0 Å². The molecule has 90 valence electrons. The smallest absolute Gasteiger partial charge is 0.759 e. The number of carboxylic acid groups (broad SMARTS) is 2. The molecule has 0 aliphatic carbocycles. The summed E-state index contributed by atoms with van der Waals surface area (Å²) in [5.74, 6) is -2.85. The van der Waals surface area contributed by atoms with Crippen LogP contribution >= 0.6 is 0 Å². The van der Waals surface area contributed by atoms with Crippen molar-refractivity contribution in [2.45, 2.75) is 12.5 Å². The summed E-state index contributed by atoms with van der Waals surface area (Å²) in [6.45, 7) is 0. The van der Waals surface area contributed by atoms with Crippen LogP contribution in [0.1, 0.15) is 6.42 Å². The minimum atomic E-state index is -5.17. The number of aliphatic hydroxyl groups excluding tert-OH is 1. The largest absolute Gasteiger partial charge is 2.00 e. The normalized spacial score (nSPS) is 11.4. The van der Waals surface area contributed by atoms with Crippen molar-refractivity contribution in [3.8, 4) is 0 Å². The number of carbonyl (C=O) groups is 2. The molecule has 0 heterocycles. The van der Waals surface area contributed by atoms with Crippen molar-refractivity contribution >= 4 is 22.3 Å². The fraction of sp³-hybridized carbons (Fsp3) is 0.500. The van der Waals surface area contributed by atoms with Crippen LogP contribution in [0.2, 0.25) is 0 Å². The molecule has 0 aromatic rings. The molecule has 0 rings (SSSR count). The molecule has 0 radical (unpaired) electrons. The molecule has 0 aromatic carbocycles. The van der Waals surface area contributed by atoms with E-state index in [-0.39, 0.29) is 17.1 Å². The Morgan fingerprint density at radius 3 is 1.53 bits per heavy atom. The molecule has 11 heteroatoms. The van der Waals surface area contributed by atoms with E-state index < -0.39 is 34.9 Å². The Balaban J connectivity index is -0.000000208. The van der Waals surface area contributed by atoms with Crippen LogP contribution in [0.3, 0.4) is 0 Å². The van der Waals surface area contributed by atoms with E-state index in [1.165, 1.54) is 0 Å². The molecule has 0 saturated heterocycles. The maximum absolute atomic E-state index is 9.72. The van der Waals surface area contributed by atoms with Crippen LogP contribution < -0.4 is 0 Å². The van der Waals surface area contributed by atoms with E-state index in [9.17, 15) is 9.59 Å². The first kappa shape index (κ1) is 19.8. The summed E-state index contributed by atoms with van der Waals surface area (Å²) in [5.41, 5.74) is 0. The van der Waals surface area contributed by atoms with Crippen molar-refractivity contribution in [1.29, 1.82) is 0 Å². The summed E-state index contributed by atoms with van der Waals surface area (Å²) in [7, 11) is -5.17. The number of aliphatic carboxylic acids is 2. The van der Waals surface area contributed by atoms with E-state index >= 15 is 0 Å². The minimum absolute atomic E-state index is 0. The first-order chi connectivity index (χ1) is 6.04. The molecule has 3 N–H and O–H groups in total. The third kappa shape index (κ3) is 31.9. The monoisotopic (exact) mass is 286 g/mol. The quantitative estimate of drug-likeness (QED) is 0.289. The molecular formula is C4H6FeO9S. The zero-order chi connectivity index (χ0) is 11.9. The molecule has 0 amide bonds. The third-order valence-electron chi connectivity index (χ3n) is 0.653. The van der Waals surface area contributed by atoms with E-state index in [0.29, 0.717) is 0 Å². The van der Waals surface area contributed by atoms with Crippen molar-refractivity contribution in [3.63, 3.8) is 0 Å². The Morgan fingerprint density at radius 1 is 1.20 bits per heavy atom. The summed E-state index contributed by atoms with van der Waals surface area (Å²) in [6, 6.07) is 0. The molecule has 1 atom stereocenters. The summed E-state index contributed by atoms with van der Waals surface area (Å²) in [4.78, 5) is 19.4. The molecule has 1 unspecified atom stereocenters. The van der Waals surface area contributed by atoms with Gasteiger partial charge >= 0.3 is 29.0 Å². The second-order valence-corrected chi connectivity index (χ2v) is 2.68. The van der Waals surface area contributed by atoms with E-state index in [1.807, 2.05) is 0 Å². The number of hydrogen-bond donors (Lipinski definition) is 3. The Labute approximate surface area is 94.8 Å². The van der Waals surface area contributed by atoms with Crippen molar-refractivity contribution < 1.29 is 59.5 Å². The predicted molar refractivity (Wildman–Crippen MR) is 36.4 cm³/mol. The fourth-order valence-electron chi connectivity index (χ4n) is 0.253. The van der Waals surface area contributed by atoms with E-state index in [4.69, 9.17) is 32.8 Å². The average molecular weight is 286 g/mol. The van der Waals surface area contributed by atoms with Gasteiger partial charge in [-0.15, -0.1) is 0 Å². The molecule has 0 fully saturated rings. The van der Waals surface area contributed by atoms with Crippen LogP contribution in [-0.2, 0) is 37.1 Å². The minimum Gasteiger partial charge on any atom is -0.759 e. The summed E-state index contributed by atoms with van der Waals surface area (Å²) >= 11 is 0. The average Bonchev–Trinajstić information content (AvgIpc) is 1.80. The first-order valence-corrected chi connectivity index (χ1v) is 4.16. The van der Waals surface area contributed by atoms with Gasteiger partial charge in [-0.1, -0.05) is 0 Å². The number of aliphatic hydroxyl groups is 1. The summed E-state index contributed by atoms with van der Waals surface area (Å²) < 4.78 is 34.1.